The van der Waals surface area contributed by atoms with E-state index in [0.29, 0.717) is 5.56 Å². The van der Waals surface area contributed by atoms with Crippen LogP contribution in [-0.4, -0.2) is 27.0 Å². The van der Waals surface area contributed by atoms with E-state index in [0.717, 1.165) is 5.56 Å². The van der Waals surface area contributed by atoms with Crippen molar-refractivity contribution in [1.82, 2.24) is 0 Å². The fraction of sp³-hybridized carbons (Fsp3) is 0.316. The van der Waals surface area contributed by atoms with Gasteiger partial charge in [0, 0.05) is 6.54 Å². The van der Waals surface area contributed by atoms with Crippen molar-refractivity contribution in [3.05, 3.63) is 59.7 Å². The second-order valence-corrected chi connectivity index (χ2v) is 7.74. The molecule has 6 nitrogen and oxygen atoms in total. The summed E-state index contributed by atoms with van der Waals surface area (Å²) in [5, 5.41) is 0. The number of ether oxygens (including phenoxy) is 1. The molecular formula is C19H23NO5S. The first kappa shape index (κ1) is 19.9. The van der Waals surface area contributed by atoms with E-state index in [9.17, 15) is 13.2 Å². The maximum atomic E-state index is 12.3. The fourth-order valence-corrected chi connectivity index (χ4v) is 3.25. The van der Waals surface area contributed by atoms with Crippen LogP contribution in [0.2, 0.25) is 0 Å². The van der Waals surface area contributed by atoms with Crippen LogP contribution in [0.3, 0.4) is 0 Å². The van der Waals surface area contributed by atoms with E-state index in [1.54, 1.807) is 38.1 Å². The highest BCUT2D eigenvalue weighted by molar-refractivity contribution is 7.87. The Labute approximate surface area is 154 Å². The smallest absolute Gasteiger partial charge is 0.339 e. The van der Waals surface area contributed by atoms with E-state index in [4.69, 9.17) is 14.7 Å². The van der Waals surface area contributed by atoms with Crippen LogP contribution in [0.15, 0.2) is 53.4 Å². The molecule has 1 atom stereocenters. The van der Waals surface area contributed by atoms with Crippen LogP contribution in [-0.2, 0) is 19.6 Å². The van der Waals surface area contributed by atoms with Gasteiger partial charge >= 0.3 is 16.1 Å². The molecule has 7 heteroatoms. The Morgan fingerprint density at radius 3 is 2.12 bits per heavy atom. The van der Waals surface area contributed by atoms with Gasteiger partial charge in [-0.2, -0.15) is 8.42 Å². The third kappa shape index (κ3) is 5.06. The molecule has 0 saturated heterocycles. The van der Waals surface area contributed by atoms with E-state index in [1.807, 2.05) is 6.92 Å². The highest BCUT2D eigenvalue weighted by Crippen LogP contribution is 2.23. The van der Waals surface area contributed by atoms with Crippen molar-refractivity contribution in [2.24, 2.45) is 5.73 Å². The molecule has 0 saturated carbocycles. The summed E-state index contributed by atoms with van der Waals surface area (Å²) in [6, 6.07) is 12.6. The summed E-state index contributed by atoms with van der Waals surface area (Å²) in [6.07, 6.45) is -0.237. The Morgan fingerprint density at radius 2 is 1.62 bits per heavy atom. The summed E-state index contributed by atoms with van der Waals surface area (Å²) in [5.74, 6) is -0.870. The molecule has 0 aliphatic carbocycles. The second kappa shape index (κ2) is 8.33. The lowest BCUT2D eigenvalue weighted by Crippen LogP contribution is -2.25. The summed E-state index contributed by atoms with van der Waals surface area (Å²) < 4.78 is 34.9. The Morgan fingerprint density at radius 1 is 1.04 bits per heavy atom. The lowest BCUT2D eigenvalue weighted by atomic mass is 9.99. The molecule has 2 aromatic rings. The van der Waals surface area contributed by atoms with Crippen molar-refractivity contribution in [1.29, 1.82) is 0 Å². The predicted molar refractivity (Wildman–Crippen MR) is 98.5 cm³/mol. The van der Waals surface area contributed by atoms with Crippen LogP contribution >= 0.6 is 0 Å². The average molecular weight is 377 g/mol. The maximum Gasteiger partial charge on any atom is 0.339 e. The lowest BCUT2D eigenvalue weighted by Gasteiger charge is -2.17. The zero-order valence-corrected chi connectivity index (χ0v) is 15.8. The van der Waals surface area contributed by atoms with Crippen molar-refractivity contribution < 1.29 is 22.1 Å². The Bertz CT molecular complexity index is 843. The fourth-order valence-electron chi connectivity index (χ4n) is 2.32. The van der Waals surface area contributed by atoms with Crippen LogP contribution in [0.25, 0.3) is 0 Å². The maximum absolute atomic E-state index is 12.3. The van der Waals surface area contributed by atoms with Crippen LogP contribution in [0.4, 0.5) is 0 Å². The minimum Gasteiger partial charge on any atom is -0.462 e. The van der Waals surface area contributed by atoms with Crippen LogP contribution in [0.5, 0.6) is 5.75 Å². The largest absolute Gasteiger partial charge is 0.462 e. The van der Waals surface area contributed by atoms with Gasteiger partial charge in [0.05, 0.1) is 12.0 Å². The van der Waals surface area contributed by atoms with E-state index in [2.05, 4.69) is 0 Å². The standard InChI is InChI=1S/C19H23NO5S/c1-13(2)24-19(21)18(12-20)15-6-8-16(9-7-15)25-26(22,23)17-10-4-14(3)5-11-17/h4-11,13,18H,12,20H2,1-3H3. The molecule has 1 unspecified atom stereocenters. The zero-order chi connectivity index (χ0) is 19.3. The molecule has 0 bridgehead atoms. The van der Waals surface area contributed by atoms with E-state index in [-0.39, 0.29) is 23.3 Å². The first-order valence-electron chi connectivity index (χ1n) is 8.24. The summed E-state index contributed by atoms with van der Waals surface area (Å²) in [5.41, 5.74) is 7.27. The van der Waals surface area contributed by atoms with Gasteiger partial charge in [-0.3, -0.25) is 4.79 Å². The lowest BCUT2D eigenvalue weighted by molar-refractivity contribution is -0.149. The molecule has 0 aliphatic rings. The van der Waals surface area contributed by atoms with Gasteiger partial charge in [0.15, 0.2) is 0 Å². The van der Waals surface area contributed by atoms with Gasteiger partial charge in [0.2, 0.25) is 0 Å². The van der Waals surface area contributed by atoms with Gasteiger partial charge in [-0.1, -0.05) is 29.8 Å². The quantitative estimate of drug-likeness (QED) is 0.589. The molecule has 0 aliphatic heterocycles. The van der Waals surface area contributed by atoms with Crippen molar-refractivity contribution in [2.75, 3.05) is 6.54 Å². The Balaban J connectivity index is 2.16. The van der Waals surface area contributed by atoms with Crippen LogP contribution < -0.4 is 9.92 Å². The monoisotopic (exact) mass is 377 g/mol. The molecule has 0 spiro atoms. The highest BCUT2D eigenvalue weighted by Gasteiger charge is 2.22. The van der Waals surface area contributed by atoms with Crippen molar-refractivity contribution >= 4 is 16.1 Å². The Hall–Kier alpha value is -2.38. The average Bonchev–Trinajstić information content (AvgIpc) is 2.56. The molecular weight excluding hydrogens is 354 g/mol. The summed E-state index contributed by atoms with van der Waals surface area (Å²) in [4.78, 5) is 12.2. The number of carbonyl (C=O) groups is 1. The summed E-state index contributed by atoms with van der Waals surface area (Å²) in [7, 11) is -3.92. The number of hydrogen-bond acceptors (Lipinski definition) is 6. The molecule has 26 heavy (non-hydrogen) atoms. The highest BCUT2D eigenvalue weighted by atomic mass is 32.2. The molecule has 0 amide bonds. The molecule has 2 N–H and O–H groups in total. The van der Waals surface area contributed by atoms with E-state index >= 15 is 0 Å². The van der Waals surface area contributed by atoms with Crippen LogP contribution in [0.1, 0.15) is 30.9 Å². The first-order valence-corrected chi connectivity index (χ1v) is 9.65. The van der Waals surface area contributed by atoms with E-state index < -0.39 is 22.0 Å². The van der Waals surface area contributed by atoms with Gasteiger partial charge < -0.3 is 14.7 Å². The van der Waals surface area contributed by atoms with Crippen molar-refractivity contribution in [2.45, 2.75) is 37.7 Å². The molecule has 140 valence electrons. The number of carbonyl (C=O) groups excluding carboxylic acids is 1. The topological polar surface area (TPSA) is 95.7 Å². The third-order valence-corrected chi connectivity index (χ3v) is 4.93. The summed E-state index contributed by atoms with van der Waals surface area (Å²) >= 11 is 0. The van der Waals surface area contributed by atoms with Gasteiger partial charge in [-0.05, 0) is 50.6 Å². The number of aryl methyl sites for hydroxylation is 1. The molecule has 0 radical (unpaired) electrons. The number of benzene rings is 2. The van der Waals surface area contributed by atoms with Crippen molar-refractivity contribution in [3.8, 4) is 5.75 Å². The van der Waals surface area contributed by atoms with Gasteiger partial charge in [-0.15, -0.1) is 0 Å². The number of nitrogens with two attached hydrogens (primary N) is 1. The number of hydrogen-bond donors (Lipinski definition) is 1. The van der Waals surface area contributed by atoms with Gasteiger partial charge in [0.1, 0.15) is 10.6 Å². The zero-order valence-electron chi connectivity index (χ0n) is 15.0. The minimum absolute atomic E-state index is 0.0764. The first-order chi connectivity index (χ1) is 12.2. The SMILES string of the molecule is Cc1ccc(S(=O)(=O)Oc2ccc(C(CN)C(=O)OC(C)C)cc2)cc1. The van der Waals surface area contributed by atoms with E-state index in [1.165, 1.54) is 24.3 Å². The number of esters is 1. The molecule has 0 aromatic heterocycles. The molecule has 2 rings (SSSR count). The van der Waals surface area contributed by atoms with Crippen LogP contribution in [0, 0.1) is 6.92 Å². The molecule has 2 aromatic carbocycles. The Kier molecular flexibility index (Phi) is 6.39. The van der Waals surface area contributed by atoms with Gasteiger partial charge in [-0.25, -0.2) is 0 Å². The second-order valence-electron chi connectivity index (χ2n) is 6.19. The normalized spacial score (nSPS) is 12.7. The van der Waals surface area contributed by atoms with Crippen molar-refractivity contribution in [3.63, 3.8) is 0 Å². The predicted octanol–water partition coefficient (Wildman–Crippen LogP) is 2.76. The minimum atomic E-state index is -3.92. The van der Waals surface area contributed by atoms with Gasteiger partial charge in [0.25, 0.3) is 0 Å². The number of rotatable bonds is 7. The molecule has 0 fully saturated rings. The third-order valence-electron chi connectivity index (χ3n) is 3.67. The summed E-state index contributed by atoms with van der Waals surface area (Å²) in [6.45, 7) is 5.48. The molecule has 0 heterocycles.